The zero-order chi connectivity index (χ0) is 14.8. The molecule has 0 spiro atoms. The number of nitrogens with zero attached hydrogens (tertiary/aromatic N) is 3. The third-order valence-electron chi connectivity index (χ3n) is 2.24. The number of para-hydroxylation sites is 1. The van der Waals surface area contributed by atoms with Crippen LogP contribution < -0.4 is 4.74 Å². The first kappa shape index (κ1) is 15.9. The number of hydroxylamine groups is 1. The SMILES string of the molecule is C/C(CON(CC(O)COc1ccccc1)N=O)=N\O. The van der Waals surface area contributed by atoms with E-state index >= 15 is 0 Å². The van der Waals surface area contributed by atoms with Gasteiger partial charge in [0.15, 0.2) is 0 Å². The highest BCUT2D eigenvalue weighted by Gasteiger charge is 2.13. The number of ether oxygens (including phenoxy) is 1. The highest BCUT2D eigenvalue weighted by molar-refractivity contribution is 5.82. The predicted octanol–water partition coefficient (Wildman–Crippen LogP) is 1.19. The predicted molar refractivity (Wildman–Crippen MR) is 71.3 cm³/mol. The van der Waals surface area contributed by atoms with Gasteiger partial charge in [-0.2, -0.15) is 0 Å². The monoisotopic (exact) mass is 283 g/mol. The van der Waals surface area contributed by atoms with Crippen molar-refractivity contribution in [2.24, 2.45) is 10.4 Å². The zero-order valence-corrected chi connectivity index (χ0v) is 11.0. The molecular formula is C12H17N3O5. The number of benzene rings is 1. The molecule has 0 aromatic heterocycles. The summed E-state index contributed by atoms with van der Waals surface area (Å²) in [6, 6.07) is 8.96. The topological polar surface area (TPSA) is 104 Å². The highest BCUT2D eigenvalue weighted by atomic mass is 16.7. The molecule has 20 heavy (non-hydrogen) atoms. The first-order valence-electron chi connectivity index (χ1n) is 5.93. The minimum Gasteiger partial charge on any atom is -0.491 e. The maximum atomic E-state index is 10.5. The first-order valence-corrected chi connectivity index (χ1v) is 5.93. The van der Waals surface area contributed by atoms with Crippen molar-refractivity contribution in [3.63, 3.8) is 0 Å². The number of hydrogen-bond donors (Lipinski definition) is 2. The molecule has 1 atom stereocenters. The van der Waals surface area contributed by atoms with Gasteiger partial charge in [-0.25, -0.2) is 4.84 Å². The molecule has 0 radical (unpaired) electrons. The highest BCUT2D eigenvalue weighted by Crippen LogP contribution is 2.08. The molecule has 8 heteroatoms. The minimum absolute atomic E-state index is 0.00748. The third kappa shape index (κ3) is 6.12. The average molecular weight is 283 g/mol. The molecule has 1 aromatic rings. The summed E-state index contributed by atoms with van der Waals surface area (Å²) in [4.78, 5) is 15.4. The van der Waals surface area contributed by atoms with Gasteiger partial charge in [-0.15, -0.1) is 10.1 Å². The molecule has 1 unspecified atom stereocenters. The van der Waals surface area contributed by atoms with E-state index in [0.29, 0.717) is 10.9 Å². The molecule has 0 fully saturated rings. The molecule has 0 saturated heterocycles. The molecule has 110 valence electrons. The fraction of sp³-hybridized carbons (Fsp3) is 0.417. The van der Waals surface area contributed by atoms with Gasteiger partial charge in [-0.05, 0) is 19.1 Å². The lowest BCUT2D eigenvalue weighted by Crippen LogP contribution is -2.33. The van der Waals surface area contributed by atoms with E-state index in [1.54, 1.807) is 24.3 Å². The molecule has 0 aliphatic carbocycles. The van der Waals surface area contributed by atoms with Crippen molar-refractivity contribution in [2.45, 2.75) is 13.0 Å². The lowest BCUT2D eigenvalue weighted by Gasteiger charge is -2.18. The summed E-state index contributed by atoms with van der Waals surface area (Å²) in [5.74, 6) is 0.612. The van der Waals surface area contributed by atoms with Crippen molar-refractivity contribution in [3.05, 3.63) is 35.2 Å². The number of aliphatic hydroxyl groups excluding tert-OH is 1. The maximum absolute atomic E-state index is 10.5. The van der Waals surface area contributed by atoms with E-state index in [0.717, 1.165) is 0 Å². The summed E-state index contributed by atoms with van der Waals surface area (Å²) in [6.45, 7) is 1.24. The first-order chi connectivity index (χ1) is 9.65. The summed E-state index contributed by atoms with van der Waals surface area (Å²) >= 11 is 0. The molecule has 0 aliphatic rings. The van der Waals surface area contributed by atoms with Crippen LogP contribution in [-0.2, 0) is 4.84 Å². The van der Waals surface area contributed by atoms with E-state index in [1.165, 1.54) is 6.92 Å². The van der Waals surface area contributed by atoms with Crippen molar-refractivity contribution in [2.75, 3.05) is 19.8 Å². The molecule has 0 bridgehead atoms. The van der Waals surface area contributed by atoms with Crippen molar-refractivity contribution in [3.8, 4) is 5.75 Å². The fourth-order valence-corrected chi connectivity index (χ4v) is 1.25. The lowest BCUT2D eigenvalue weighted by atomic mass is 10.3. The van der Waals surface area contributed by atoms with Crippen molar-refractivity contribution >= 4 is 5.71 Å². The van der Waals surface area contributed by atoms with Crippen molar-refractivity contribution < 1.29 is 19.9 Å². The molecule has 0 saturated carbocycles. The summed E-state index contributed by atoms with van der Waals surface area (Å²) in [7, 11) is 0. The number of aliphatic hydroxyl groups is 1. The maximum Gasteiger partial charge on any atom is 0.119 e. The van der Waals surface area contributed by atoms with Gasteiger partial charge in [0.25, 0.3) is 0 Å². The van der Waals surface area contributed by atoms with Crippen LogP contribution in [0.3, 0.4) is 0 Å². The Labute approximate surface area is 116 Å². The van der Waals surface area contributed by atoms with Crippen LogP contribution in [0.4, 0.5) is 0 Å². The molecule has 2 N–H and O–H groups in total. The van der Waals surface area contributed by atoms with Crippen LogP contribution in [-0.4, -0.2) is 47.1 Å². The van der Waals surface area contributed by atoms with Crippen LogP contribution >= 0.6 is 0 Å². The Kier molecular flexibility index (Phi) is 7.01. The number of hydrogen-bond acceptors (Lipinski definition) is 7. The van der Waals surface area contributed by atoms with Crippen LogP contribution in [0.25, 0.3) is 0 Å². The summed E-state index contributed by atoms with van der Waals surface area (Å²) in [5.41, 5.74) is 0.272. The van der Waals surface area contributed by atoms with Gasteiger partial charge in [0.05, 0.1) is 17.5 Å². The molecule has 0 heterocycles. The lowest BCUT2D eigenvalue weighted by molar-refractivity contribution is -0.163. The second-order valence-electron chi connectivity index (χ2n) is 4.00. The Balaban J connectivity index is 2.32. The average Bonchev–Trinajstić information content (AvgIpc) is 2.49. The van der Waals surface area contributed by atoms with E-state index in [9.17, 15) is 10.0 Å². The van der Waals surface area contributed by atoms with Gasteiger partial charge in [0, 0.05) is 0 Å². The summed E-state index contributed by atoms with van der Waals surface area (Å²) in [5, 5.41) is 24.3. The zero-order valence-electron chi connectivity index (χ0n) is 11.0. The van der Waals surface area contributed by atoms with E-state index < -0.39 is 6.10 Å². The second-order valence-corrected chi connectivity index (χ2v) is 4.00. The van der Waals surface area contributed by atoms with Crippen LogP contribution in [0.5, 0.6) is 5.75 Å². The third-order valence-corrected chi connectivity index (χ3v) is 2.24. The Bertz CT molecular complexity index is 426. The molecule has 1 rings (SSSR count). The number of oxime groups is 1. The van der Waals surface area contributed by atoms with Gasteiger partial charge in [0.2, 0.25) is 0 Å². The Hall–Kier alpha value is -2.19. The van der Waals surface area contributed by atoms with Crippen LogP contribution in [0.2, 0.25) is 0 Å². The minimum atomic E-state index is -0.959. The van der Waals surface area contributed by atoms with Crippen molar-refractivity contribution in [1.29, 1.82) is 0 Å². The van der Waals surface area contributed by atoms with E-state index in [-0.39, 0.29) is 25.5 Å². The molecule has 8 nitrogen and oxygen atoms in total. The normalized spacial score (nSPS) is 12.8. The fourth-order valence-electron chi connectivity index (χ4n) is 1.25. The Morgan fingerprint density at radius 1 is 1.40 bits per heavy atom. The molecule has 0 aliphatic heterocycles. The van der Waals surface area contributed by atoms with Crippen molar-refractivity contribution in [1.82, 2.24) is 5.17 Å². The smallest absolute Gasteiger partial charge is 0.119 e. The van der Waals surface area contributed by atoms with Gasteiger partial charge < -0.3 is 15.1 Å². The molecular weight excluding hydrogens is 266 g/mol. The second kappa shape index (κ2) is 8.83. The van der Waals surface area contributed by atoms with E-state index in [1.807, 2.05) is 6.07 Å². The van der Waals surface area contributed by atoms with Gasteiger partial charge >= 0.3 is 0 Å². The largest absolute Gasteiger partial charge is 0.491 e. The summed E-state index contributed by atoms with van der Waals surface area (Å²) in [6.07, 6.45) is -0.959. The summed E-state index contributed by atoms with van der Waals surface area (Å²) < 4.78 is 5.32. The Morgan fingerprint density at radius 2 is 2.10 bits per heavy atom. The van der Waals surface area contributed by atoms with Gasteiger partial charge in [-0.3, -0.25) is 0 Å². The van der Waals surface area contributed by atoms with Crippen LogP contribution in [0.1, 0.15) is 6.92 Å². The van der Waals surface area contributed by atoms with Crippen LogP contribution in [0, 0.1) is 4.91 Å². The van der Waals surface area contributed by atoms with Gasteiger partial charge in [-0.1, -0.05) is 23.4 Å². The van der Waals surface area contributed by atoms with E-state index in [2.05, 4.69) is 10.4 Å². The number of nitroso groups, excluding NO2 is 1. The van der Waals surface area contributed by atoms with Crippen LogP contribution in [0.15, 0.2) is 40.8 Å². The van der Waals surface area contributed by atoms with E-state index in [4.69, 9.17) is 14.8 Å². The molecule has 1 aromatic carbocycles. The molecule has 0 amide bonds. The standard InChI is InChI=1S/C12H17N3O5/c1-10(13-17)8-20-15(14-18)7-11(16)9-19-12-5-3-2-4-6-12/h2-6,11,16-17H,7-9H2,1H3/b13-10+. The number of rotatable bonds is 9. The quantitative estimate of drug-likeness (QED) is 0.305. The Morgan fingerprint density at radius 3 is 2.70 bits per heavy atom. The van der Waals surface area contributed by atoms with Gasteiger partial charge in [0.1, 0.15) is 25.1 Å².